The summed E-state index contributed by atoms with van der Waals surface area (Å²) in [4.78, 5) is 17.2. The average molecular weight is 372 g/mol. The predicted molar refractivity (Wildman–Crippen MR) is 108 cm³/mol. The molecule has 1 unspecified atom stereocenters. The molecule has 2 aliphatic heterocycles. The third-order valence-electron chi connectivity index (χ3n) is 5.58. The maximum absolute atomic E-state index is 13.0. The van der Waals surface area contributed by atoms with Crippen LogP contribution < -0.4 is 10.6 Å². The molecule has 26 heavy (non-hydrogen) atoms. The molecule has 0 saturated carbocycles. The van der Waals surface area contributed by atoms with Crippen LogP contribution in [0.2, 0.25) is 0 Å². The zero-order valence-electron chi connectivity index (χ0n) is 15.0. The second kappa shape index (κ2) is 7.78. The lowest BCUT2D eigenvalue weighted by Crippen LogP contribution is -2.41. The highest BCUT2D eigenvalue weighted by Gasteiger charge is 2.42. The Bertz CT molecular complexity index is 750. The molecule has 2 fully saturated rings. The van der Waals surface area contributed by atoms with Crippen LogP contribution in [0, 0.1) is 6.92 Å². The first-order valence-corrected chi connectivity index (χ1v) is 9.06. The van der Waals surface area contributed by atoms with Crippen molar-refractivity contribution in [2.75, 3.05) is 24.5 Å². The normalized spacial score (nSPS) is 26.2. The number of carbonyl (C=O) groups excluding carboxylic acids is 1. The van der Waals surface area contributed by atoms with E-state index in [-0.39, 0.29) is 30.4 Å². The lowest BCUT2D eigenvalue weighted by atomic mass is 9.95. The zero-order valence-corrected chi connectivity index (χ0v) is 15.9. The fourth-order valence-electron chi connectivity index (χ4n) is 4.15. The summed E-state index contributed by atoms with van der Waals surface area (Å²) < 4.78 is 0. The Kier molecular flexibility index (Phi) is 5.66. The lowest BCUT2D eigenvalue weighted by Gasteiger charge is -2.23. The van der Waals surface area contributed by atoms with Gasteiger partial charge >= 0.3 is 0 Å². The summed E-state index contributed by atoms with van der Waals surface area (Å²) in [5, 5.41) is 0. The highest BCUT2D eigenvalue weighted by atomic mass is 35.5. The van der Waals surface area contributed by atoms with Gasteiger partial charge in [0.15, 0.2) is 0 Å². The lowest BCUT2D eigenvalue weighted by molar-refractivity contribution is -0.121. The number of halogens is 1. The van der Waals surface area contributed by atoms with Crippen LogP contribution in [0.3, 0.4) is 0 Å². The molecule has 0 radical (unpaired) electrons. The number of nitrogens with zero attached hydrogens (tertiary/aromatic N) is 2. The van der Waals surface area contributed by atoms with Gasteiger partial charge < -0.3 is 10.6 Å². The minimum atomic E-state index is -0.0407. The molecule has 0 aliphatic carbocycles. The van der Waals surface area contributed by atoms with Crippen molar-refractivity contribution in [2.24, 2.45) is 5.73 Å². The largest absolute Gasteiger partial charge is 0.326 e. The second-order valence-corrected chi connectivity index (χ2v) is 7.26. The van der Waals surface area contributed by atoms with E-state index >= 15 is 0 Å². The van der Waals surface area contributed by atoms with E-state index in [9.17, 15) is 4.79 Å². The van der Waals surface area contributed by atoms with Crippen LogP contribution in [0.4, 0.5) is 5.69 Å². The summed E-state index contributed by atoms with van der Waals surface area (Å²) >= 11 is 0. The molecule has 2 aromatic rings. The van der Waals surface area contributed by atoms with Crippen molar-refractivity contribution in [3.63, 3.8) is 0 Å². The van der Waals surface area contributed by atoms with Crippen molar-refractivity contribution in [1.82, 2.24) is 4.90 Å². The fourth-order valence-corrected chi connectivity index (χ4v) is 4.15. The Balaban J connectivity index is 0.00000196. The first-order valence-electron chi connectivity index (χ1n) is 9.06. The minimum Gasteiger partial charge on any atom is -0.326 e. The van der Waals surface area contributed by atoms with Gasteiger partial charge in [-0.15, -0.1) is 12.4 Å². The van der Waals surface area contributed by atoms with Crippen LogP contribution >= 0.6 is 12.4 Å². The van der Waals surface area contributed by atoms with Gasteiger partial charge in [0.05, 0.1) is 6.04 Å². The zero-order chi connectivity index (χ0) is 17.4. The van der Waals surface area contributed by atoms with Gasteiger partial charge in [-0.25, -0.2) is 0 Å². The van der Waals surface area contributed by atoms with Crippen LogP contribution in [-0.2, 0) is 4.79 Å². The van der Waals surface area contributed by atoms with Crippen LogP contribution in [0.15, 0.2) is 54.6 Å². The molecule has 0 spiro atoms. The molecule has 2 heterocycles. The van der Waals surface area contributed by atoms with Crippen molar-refractivity contribution in [1.29, 1.82) is 0 Å². The summed E-state index contributed by atoms with van der Waals surface area (Å²) in [6.07, 6.45) is 0.876. The van der Waals surface area contributed by atoms with Gasteiger partial charge in [0.1, 0.15) is 0 Å². The van der Waals surface area contributed by atoms with Crippen molar-refractivity contribution >= 4 is 24.0 Å². The van der Waals surface area contributed by atoms with E-state index in [4.69, 9.17) is 5.73 Å². The number of aryl methyl sites for hydroxylation is 1. The molecule has 138 valence electrons. The molecule has 0 bridgehead atoms. The van der Waals surface area contributed by atoms with Crippen LogP contribution in [0.1, 0.15) is 23.5 Å². The van der Waals surface area contributed by atoms with Crippen molar-refractivity contribution < 1.29 is 4.79 Å². The molecular weight excluding hydrogens is 346 g/mol. The third-order valence-corrected chi connectivity index (χ3v) is 5.58. The van der Waals surface area contributed by atoms with Crippen molar-refractivity contribution in [3.8, 4) is 0 Å². The number of likely N-dealkylation sites (tertiary alicyclic amines) is 1. The molecule has 0 aromatic heterocycles. The summed E-state index contributed by atoms with van der Waals surface area (Å²) in [5.74, 6) is 0.521. The fraction of sp³-hybridized carbons (Fsp3) is 0.381. The molecule has 2 N–H and O–H groups in total. The van der Waals surface area contributed by atoms with E-state index in [0.29, 0.717) is 5.92 Å². The van der Waals surface area contributed by atoms with Gasteiger partial charge in [0, 0.05) is 37.3 Å². The number of carbonyl (C=O) groups is 1. The summed E-state index contributed by atoms with van der Waals surface area (Å²) in [7, 11) is 0. The second-order valence-electron chi connectivity index (χ2n) is 7.26. The quantitative estimate of drug-likeness (QED) is 0.902. The number of hydrogen-bond acceptors (Lipinski definition) is 3. The van der Waals surface area contributed by atoms with Gasteiger partial charge in [-0.1, -0.05) is 48.0 Å². The summed E-state index contributed by atoms with van der Waals surface area (Å²) in [5.41, 5.74) is 9.90. The molecule has 2 saturated heterocycles. The highest BCUT2D eigenvalue weighted by molar-refractivity contribution is 5.99. The molecular formula is C21H26ClN3O. The van der Waals surface area contributed by atoms with E-state index in [2.05, 4.69) is 48.2 Å². The van der Waals surface area contributed by atoms with Gasteiger partial charge in [-0.05, 0) is 31.0 Å². The predicted octanol–water partition coefficient (Wildman–Crippen LogP) is 2.95. The first kappa shape index (κ1) is 18.9. The van der Waals surface area contributed by atoms with E-state index in [0.717, 1.165) is 31.7 Å². The number of hydrogen-bond donors (Lipinski definition) is 1. The van der Waals surface area contributed by atoms with E-state index in [1.54, 1.807) is 0 Å². The Hall–Kier alpha value is -1.88. The molecule has 2 aromatic carbocycles. The van der Waals surface area contributed by atoms with Crippen molar-refractivity contribution in [3.05, 3.63) is 65.7 Å². The van der Waals surface area contributed by atoms with Crippen LogP contribution in [-0.4, -0.2) is 42.5 Å². The van der Waals surface area contributed by atoms with Crippen LogP contribution in [0.5, 0.6) is 0 Å². The Morgan fingerprint density at radius 1 is 1.00 bits per heavy atom. The number of amides is 1. The maximum atomic E-state index is 13.0. The standard InChI is InChI=1S/C21H25N3O.ClH/c1-15-7-9-17(10-8-15)24-12-11-20(21(24)25)23-13-18(19(22)14-23)16-5-3-2-4-6-16;/h2-10,18-20H,11-14,22H2,1H3;1H/t18-,19+,20?;/m0./s1. The molecule has 4 nitrogen and oxygen atoms in total. The topological polar surface area (TPSA) is 49.6 Å². The molecule has 3 atom stereocenters. The monoisotopic (exact) mass is 371 g/mol. The number of anilines is 1. The number of benzene rings is 2. The third kappa shape index (κ3) is 3.50. The molecule has 4 rings (SSSR count). The Morgan fingerprint density at radius 3 is 2.38 bits per heavy atom. The highest BCUT2D eigenvalue weighted by Crippen LogP contribution is 2.32. The molecule has 1 amide bonds. The number of rotatable bonds is 3. The molecule has 2 aliphatic rings. The first-order chi connectivity index (χ1) is 12.1. The van der Waals surface area contributed by atoms with Crippen LogP contribution in [0.25, 0.3) is 0 Å². The van der Waals surface area contributed by atoms with Gasteiger partial charge in [-0.3, -0.25) is 9.69 Å². The summed E-state index contributed by atoms with van der Waals surface area (Å²) in [6.45, 7) is 4.50. The van der Waals surface area contributed by atoms with Gasteiger partial charge in [0.25, 0.3) is 0 Å². The molecule has 5 heteroatoms. The van der Waals surface area contributed by atoms with Gasteiger partial charge in [0.2, 0.25) is 5.91 Å². The van der Waals surface area contributed by atoms with E-state index in [1.165, 1.54) is 11.1 Å². The Morgan fingerprint density at radius 2 is 1.69 bits per heavy atom. The Labute approximate surface area is 161 Å². The van der Waals surface area contributed by atoms with Crippen molar-refractivity contribution in [2.45, 2.75) is 31.3 Å². The minimum absolute atomic E-state index is 0. The number of nitrogens with two attached hydrogens (primary N) is 1. The summed E-state index contributed by atoms with van der Waals surface area (Å²) in [6, 6.07) is 18.7. The SMILES string of the molecule is Cc1ccc(N2CCC(N3C[C@@H](N)[C@H](c4ccccc4)C3)C2=O)cc1.Cl. The van der Waals surface area contributed by atoms with E-state index in [1.807, 2.05) is 23.1 Å². The smallest absolute Gasteiger partial charge is 0.244 e. The average Bonchev–Trinajstić information content (AvgIpc) is 3.19. The maximum Gasteiger partial charge on any atom is 0.244 e. The van der Waals surface area contributed by atoms with Gasteiger partial charge in [-0.2, -0.15) is 0 Å². The van der Waals surface area contributed by atoms with E-state index < -0.39 is 0 Å².